The summed E-state index contributed by atoms with van der Waals surface area (Å²) in [6.07, 6.45) is -1.03. The fourth-order valence-corrected chi connectivity index (χ4v) is 1.04. The Labute approximate surface area is 58.4 Å². The van der Waals surface area contributed by atoms with Gasteiger partial charge in [0, 0.05) is 13.1 Å². The fraction of sp³-hybridized carbons (Fsp3) is 0.833. The molecule has 0 bridgehead atoms. The molecule has 1 amide bonds. The topological polar surface area (TPSA) is 40.5 Å². The zero-order chi connectivity index (χ0) is 7.56. The lowest BCUT2D eigenvalue weighted by molar-refractivity contribution is 0.115. The molecular formula is C6H10FNO2. The fourth-order valence-electron chi connectivity index (χ4n) is 1.04. The van der Waals surface area contributed by atoms with Gasteiger partial charge in [0.1, 0.15) is 6.17 Å². The quantitative estimate of drug-likeness (QED) is 0.557. The number of amides is 1. The molecule has 1 fully saturated rings. The number of alkyl halides is 1. The number of hydrogen-bond acceptors (Lipinski definition) is 1. The summed E-state index contributed by atoms with van der Waals surface area (Å²) in [4.78, 5) is 11.5. The summed E-state index contributed by atoms with van der Waals surface area (Å²) in [7, 11) is 0. The highest BCUT2D eigenvalue weighted by molar-refractivity contribution is 5.64. The highest BCUT2D eigenvalue weighted by Crippen LogP contribution is 2.12. The highest BCUT2D eigenvalue weighted by Gasteiger charge is 2.20. The minimum Gasteiger partial charge on any atom is -0.465 e. The van der Waals surface area contributed by atoms with Gasteiger partial charge < -0.3 is 10.0 Å². The van der Waals surface area contributed by atoms with Crippen LogP contribution in [0.25, 0.3) is 0 Å². The van der Waals surface area contributed by atoms with Gasteiger partial charge in [-0.3, -0.25) is 0 Å². The van der Waals surface area contributed by atoms with Crippen LogP contribution in [0.1, 0.15) is 12.8 Å². The van der Waals surface area contributed by atoms with E-state index in [4.69, 9.17) is 5.11 Å². The number of hydrogen-bond donors (Lipinski definition) is 1. The predicted octanol–water partition coefficient (Wildman–Crippen LogP) is 1.10. The van der Waals surface area contributed by atoms with E-state index in [-0.39, 0.29) is 0 Å². The van der Waals surface area contributed by atoms with Crippen LogP contribution >= 0.6 is 0 Å². The lowest BCUT2D eigenvalue weighted by atomic mass is 10.1. The van der Waals surface area contributed by atoms with Crippen molar-refractivity contribution in [2.75, 3.05) is 13.1 Å². The van der Waals surface area contributed by atoms with Crippen molar-refractivity contribution in [3.63, 3.8) is 0 Å². The normalized spacial score (nSPS) is 21.1. The number of carbonyl (C=O) groups is 1. The van der Waals surface area contributed by atoms with E-state index in [1.54, 1.807) is 0 Å². The van der Waals surface area contributed by atoms with Gasteiger partial charge in [0.2, 0.25) is 0 Å². The number of halogens is 1. The van der Waals surface area contributed by atoms with Crippen LogP contribution in [0.2, 0.25) is 0 Å². The zero-order valence-corrected chi connectivity index (χ0v) is 5.59. The van der Waals surface area contributed by atoms with Gasteiger partial charge in [-0.1, -0.05) is 0 Å². The first-order valence-corrected chi connectivity index (χ1v) is 3.32. The average molecular weight is 147 g/mol. The van der Waals surface area contributed by atoms with E-state index in [0.717, 1.165) is 0 Å². The number of rotatable bonds is 0. The lowest BCUT2D eigenvalue weighted by Gasteiger charge is -2.25. The minimum atomic E-state index is -0.938. The zero-order valence-electron chi connectivity index (χ0n) is 5.59. The second kappa shape index (κ2) is 2.86. The van der Waals surface area contributed by atoms with Crippen LogP contribution in [-0.4, -0.2) is 35.4 Å². The second-order valence-corrected chi connectivity index (χ2v) is 2.44. The van der Waals surface area contributed by atoms with Crippen LogP contribution in [0.4, 0.5) is 9.18 Å². The third-order valence-corrected chi connectivity index (χ3v) is 1.70. The molecule has 1 N–H and O–H groups in total. The summed E-state index contributed by atoms with van der Waals surface area (Å²) in [5, 5.41) is 8.43. The van der Waals surface area contributed by atoms with Crippen molar-refractivity contribution in [2.24, 2.45) is 0 Å². The van der Waals surface area contributed by atoms with E-state index in [9.17, 15) is 9.18 Å². The van der Waals surface area contributed by atoms with E-state index >= 15 is 0 Å². The second-order valence-electron chi connectivity index (χ2n) is 2.44. The molecule has 58 valence electrons. The molecule has 1 heterocycles. The first kappa shape index (κ1) is 7.31. The Bertz CT molecular complexity index is 132. The largest absolute Gasteiger partial charge is 0.465 e. The summed E-state index contributed by atoms with van der Waals surface area (Å²) >= 11 is 0. The van der Waals surface area contributed by atoms with Crippen molar-refractivity contribution in [3.8, 4) is 0 Å². The van der Waals surface area contributed by atoms with Crippen molar-refractivity contribution >= 4 is 6.09 Å². The van der Waals surface area contributed by atoms with Crippen LogP contribution in [0.3, 0.4) is 0 Å². The maximum atomic E-state index is 12.4. The Morgan fingerprint density at radius 2 is 2.00 bits per heavy atom. The van der Waals surface area contributed by atoms with Crippen LogP contribution in [0, 0.1) is 0 Å². The van der Waals surface area contributed by atoms with Gasteiger partial charge in [-0.15, -0.1) is 0 Å². The summed E-state index contributed by atoms with van der Waals surface area (Å²) in [6, 6.07) is 0. The number of likely N-dealkylation sites (tertiary alicyclic amines) is 1. The summed E-state index contributed by atoms with van der Waals surface area (Å²) in [5.41, 5.74) is 0. The van der Waals surface area contributed by atoms with Gasteiger partial charge in [0.05, 0.1) is 0 Å². The van der Waals surface area contributed by atoms with Gasteiger partial charge in [-0.2, -0.15) is 0 Å². The molecular weight excluding hydrogens is 137 g/mol. The van der Waals surface area contributed by atoms with Gasteiger partial charge in [-0.05, 0) is 12.8 Å². The Balaban J connectivity index is 2.33. The summed E-state index contributed by atoms with van der Waals surface area (Å²) in [5.74, 6) is 0. The molecule has 0 aromatic carbocycles. The Morgan fingerprint density at radius 3 is 2.40 bits per heavy atom. The van der Waals surface area contributed by atoms with Gasteiger partial charge in [0.15, 0.2) is 0 Å². The van der Waals surface area contributed by atoms with Crippen molar-refractivity contribution < 1.29 is 14.3 Å². The number of carboxylic acid groups (broad SMARTS) is 1. The lowest BCUT2D eigenvalue weighted by Crippen LogP contribution is -2.37. The molecule has 0 aliphatic carbocycles. The highest BCUT2D eigenvalue weighted by atomic mass is 19.1. The molecule has 0 atom stereocenters. The third kappa shape index (κ3) is 1.59. The van der Waals surface area contributed by atoms with Crippen molar-refractivity contribution in [2.45, 2.75) is 19.0 Å². The molecule has 0 aromatic heterocycles. The monoisotopic (exact) mass is 147 g/mol. The molecule has 0 unspecified atom stereocenters. The molecule has 10 heavy (non-hydrogen) atoms. The van der Waals surface area contributed by atoms with Crippen molar-refractivity contribution in [1.29, 1.82) is 0 Å². The first-order chi connectivity index (χ1) is 4.70. The predicted molar refractivity (Wildman–Crippen MR) is 33.7 cm³/mol. The molecule has 1 aliphatic heterocycles. The molecule has 4 heteroatoms. The SMILES string of the molecule is O=C(O)N1CCC(F)CC1. The van der Waals surface area contributed by atoms with Crippen LogP contribution in [-0.2, 0) is 0 Å². The number of piperidine rings is 1. The third-order valence-electron chi connectivity index (χ3n) is 1.70. The first-order valence-electron chi connectivity index (χ1n) is 3.32. The summed E-state index contributed by atoms with van der Waals surface area (Å²) < 4.78 is 12.4. The molecule has 1 rings (SSSR count). The molecule has 1 saturated heterocycles. The number of nitrogens with zero attached hydrogens (tertiary/aromatic N) is 1. The van der Waals surface area contributed by atoms with Crippen molar-refractivity contribution in [3.05, 3.63) is 0 Å². The van der Waals surface area contributed by atoms with Gasteiger partial charge in [0.25, 0.3) is 0 Å². The minimum absolute atomic E-state index is 0.344. The molecule has 0 saturated carbocycles. The Hall–Kier alpha value is -0.800. The Morgan fingerprint density at radius 1 is 1.50 bits per heavy atom. The van der Waals surface area contributed by atoms with Crippen LogP contribution in [0.5, 0.6) is 0 Å². The average Bonchev–Trinajstić information content (AvgIpc) is 1.88. The van der Waals surface area contributed by atoms with Gasteiger partial charge in [-0.25, -0.2) is 9.18 Å². The van der Waals surface area contributed by atoms with E-state index in [0.29, 0.717) is 25.9 Å². The molecule has 0 radical (unpaired) electrons. The smallest absolute Gasteiger partial charge is 0.407 e. The van der Waals surface area contributed by atoms with E-state index in [1.165, 1.54) is 4.90 Å². The molecule has 0 aromatic rings. The molecule has 0 spiro atoms. The van der Waals surface area contributed by atoms with E-state index < -0.39 is 12.3 Å². The van der Waals surface area contributed by atoms with E-state index in [1.807, 2.05) is 0 Å². The maximum Gasteiger partial charge on any atom is 0.407 e. The summed E-state index contributed by atoms with van der Waals surface area (Å²) in [6.45, 7) is 0.688. The van der Waals surface area contributed by atoms with Crippen LogP contribution in [0.15, 0.2) is 0 Å². The van der Waals surface area contributed by atoms with E-state index in [2.05, 4.69) is 0 Å². The van der Waals surface area contributed by atoms with Crippen LogP contribution < -0.4 is 0 Å². The standard InChI is InChI=1S/C6H10FNO2/c7-5-1-3-8(4-2-5)6(9)10/h5H,1-4H2,(H,9,10). The maximum absolute atomic E-state index is 12.4. The Kier molecular flexibility index (Phi) is 2.09. The van der Waals surface area contributed by atoms with Crippen molar-refractivity contribution in [1.82, 2.24) is 4.90 Å². The molecule has 1 aliphatic rings. The van der Waals surface area contributed by atoms with Gasteiger partial charge >= 0.3 is 6.09 Å². The molecule has 3 nitrogen and oxygen atoms in total.